The minimum absolute atomic E-state index is 0.0322. The molecule has 0 aromatic heterocycles. The van der Waals surface area contributed by atoms with Crippen molar-refractivity contribution in [1.82, 2.24) is 10.6 Å². The lowest BCUT2D eigenvalue weighted by Crippen LogP contribution is -2.42. The molecule has 192 valence electrons. The van der Waals surface area contributed by atoms with Gasteiger partial charge in [0, 0.05) is 13.1 Å². The van der Waals surface area contributed by atoms with Crippen LogP contribution in [0.25, 0.3) is 0 Å². The lowest BCUT2D eigenvalue weighted by atomic mass is 9.78. The Morgan fingerprint density at radius 2 is 1.18 bits per heavy atom. The van der Waals surface area contributed by atoms with Crippen LogP contribution < -0.4 is 10.6 Å². The predicted octanol–water partition coefficient (Wildman–Crippen LogP) is 4.01. The molecule has 0 rings (SSSR count). The molecule has 33 heavy (non-hydrogen) atoms. The van der Waals surface area contributed by atoms with Crippen LogP contribution >= 0.6 is 0 Å². The molecular formula is C23H42N2O8. The molecular weight excluding hydrogens is 432 g/mol. The van der Waals surface area contributed by atoms with Gasteiger partial charge in [0.2, 0.25) is 0 Å². The fourth-order valence-corrected chi connectivity index (χ4v) is 2.87. The second-order valence-electron chi connectivity index (χ2n) is 9.94. The molecule has 0 heterocycles. The number of esters is 1. The van der Waals surface area contributed by atoms with Crippen molar-refractivity contribution in [3.05, 3.63) is 0 Å². The van der Waals surface area contributed by atoms with Gasteiger partial charge in [0.1, 0.15) is 11.2 Å². The van der Waals surface area contributed by atoms with Gasteiger partial charge in [-0.1, -0.05) is 13.3 Å². The maximum atomic E-state index is 12.8. The Labute approximate surface area is 197 Å². The molecule has 0 unspecified atom stereocenters. The zero-order valence-corrected chi connectivity index (χ0v) is 21.2. The third-order valence-corrected chi connectivity index (χ3v) is 4.43. The zero-order chi connectivity index (χ0) is 25.7. The fraction of sp³-hybridized carbons (Fsp3) is 0.826. The van der Waals surface area contributed by atoms with Crippen molar-refractivity contribution in [2.45, 2.75) is 98.2 Å². The molecule has 0 aromatic carbocycles. The van der Waals surface area contributed by atoms with Gasteiger partial charge >= 0.3 is 24.1 Å². The Bertz CT molecular complexity index is 614. The van der Waals surface area contributed by atoms with Gasteiger partial charge in [-0.25, -0.2) is 9.59 Å². The van der Waals surface area contributed by atoms with E-state index in [0.29, 0.717) is 6.42 Å². The number of carboxylic acid groups (broad SMARTS) is 1. The van der Waals surface area contributed by atoms with Crippen LogP contribution in [0.5, 0.6) is 0 Å². The minimum Gasteiger partial charge on any atom is -0.480 e. The Balaban J connectivity index is 5.06. The second kappa shape index (κ2) is 13.9. The van der Waals surface area contributed by atoms with Crippen molar-refractivity contribution < 1.29 is 38.5 Å². The first kappa shape index (κ1) is 30.5. The summed E-state index contributed by atoms with van der Waals surface area (Å²) in [4.78, 5) is 48.6. The van der Waals surface area contributed by atoms with E-state index in [1.165, 1.54) is 0 Å². The van der Waals surface area contributed by atoms with E-state index in [0.717, 1.165) is 6.42 Å². The van der Waals surface area contributed by atoms with Crippen molar-refractivity contribution in [2.24, 2.45) is 5.41 Å². The van der Waals surface area contributed by atoms with Gasteiger partial charge in [-0.2, -0.15) is 0 Å². The zero-order valence-electron chi connectivity index (χ0n) is 21.2. The quantitative estimate of drug-likeness (QED) is 0.157. The Morgan fingerprint density at radius 1 is 0.758 bits per heavy atom. The lowest BCUT2D eigenvalue weighted by Gasteiger charge is -2.28. The van der Waals surface area contributed by atoms with Crippen molar-refractivity contribution in [2.75, 3.05) is 19.7 Å². The highest BCUT2D eigenvalue weighted by atomic mass is 16.6. The number of aliphatic carboxylic acids is 1. The molecule has 0 spiro atoms. The van der Waals surface area contributed by atoms with Crippen LogP contribution in [0.4, 0.5) is 9.59 Å². The molecule has 0 radical (unpaired) electrons. The Kier molecular flexibility index (Phi) is 12.8. The highest BCUT2D eigenvalue weighted by Gasteiger charge is 2.46. The van der Waals surface area contributed by atoms with E-state index < -0.39 is 40.7 Å². The van der Waals surface area contributed by atoms with Crippen molar-refractivity contribution in [3.8, 4) is 0 Å². The summed E-state index contributed by atoms with van der Waals surface area (Å²) >= 11 is 0. The first-order chi connectivity index (χ1) is 15.1. The summed E-state index contributed by atoms with van der Waals surface area (Å²) in [5, 5.41) is 15.1. The fourth-order valence-electron chi connectivity index (χ4n) is 2.87. The standard InChI is InChI=1S/C23H42N2O8/c1-8-9-16-31-18(28)23(17(26)27,12-10-14-24-19(29)32-21(2,3)4)13-11-15-25-20(30)33-22(5,6)7/h8-16H2,1-7H3,(H,24,29)(H,25,30)(H,26,27). The summed E-state index contributed by atoms with van der Waals surface area (Å²) in [5.74, 6) is -2.10. The molecule has 0 aromatic rings. The number of unbranched alkanes of at least 4 members (excludes halogenated alkanes) is 1. The molecule has 0 atom stereocenters. The Morgan fingerprint density at radius 3 is 1.52 bits per heavy atom. The van der Waals surface area contributed by atoms with Crippen LogP contribution in [-0.4, -0.2) is 60.1 Å². The molecule has 0 aliphatic heterocycles. The van der Waals surface area contributed by atoms with E-state index >= 15 is 0 Å². The van der Waals surface area contributed by atoms with Gasteiger partial charge in [0.15, 0.2) is 5.41 Å². The first-order valence-electron chi connectivity index (χ1n) is 11.5. The molecule has 0 aliphatic carbocycles. The highest BCUT2D eigenvalue weighted by molar-refractivity contribution is 5.99. The molecule has 0 aliphatic rings. The van der Waals surface area contributed by atoms with Gasteiger partial charge in [-0.15, -0.1) is 0 Å². The van der Waals surface area contributed by atoms with Gasteiger partial charge < -0.3 is 30.0 Å². The Hall–Kier alpha value is -2.52. The summed E-state index contributed by atoms with van der Waals surface area (Å²) in [5.41, 5.74) is -3.09. The number of hydrogen-bond donors (Lipinski definition) is 3. The monoisotopic (exact) mass is 474 g/mol. The summed E-state index contributed by atoms with van der Waals surface area (Å²) in [7, 11) is 0. The summed E-state index contributed by atoms with van der Waals surface area (Å²) in [6, 6.07) is 0. The van der Waals surface area contributed by atoms with E-state index in [1.807, 2.05) is 6.92 Å². The van der Waals surface area contributed by atoms with Crippen LogP contribution in [-0.2, 0) is 23.8 Å². The molecule has 0 saturated heterocycles. The molecule has 10 heteroatoms. The van der Waals surface area contributed by atoms with Crippen LogP contribution in [0.3, 0.4) is 0 Å². The predicted molar refractivity (Wildman–Crippen MR) is 123 cm³/mol. The number of ether oxygens (including phenoxy) is 3. The van der Waals surface area contributed by atoms with Gasteiger partial charge in [-0.3, -0.25) is 9.59 Å². The normalized spacial score (nSPS) is 12.0. The van der Waals surface area contributed by atoms with Crippen molar-refractivity contribution in [1.29, 1.82) is 0 Å². The average Bonchev–Trinajstić information content (AvgIpc) is 2.63. The van der Waals surface area contributed by atoms with E-state index in [-0.39, 0.29) is 45.4 Å². The molecule has 10 nitrogen and oxygen atoms in total. The third kappa shape index (κ3) is 13.6. The van der Waals surface area contributed by atoms with Gasteiger partial charge in [0.05, 0.1) is 6.61 Å². The number of carbonyl (C=O) groups is 4. The van der Waals surface area contributed by atoms with E-state index in [4.69, 9.17) is 14.2 Å². The van der Waals surface area contributed by atoms with Crippen molar-refractivity contribution in [3.63, 3.8) is 0 Å². The topological polar surface area (TPSA) is 140 Å². The molecule has 2 amide bonds. The van der Waals surface area contributed by atoms with Crippen LogP contribution in [0.2, 0.25) is 0 Å². The van der Waals surface area contributed by atoms with Gasteiger partial charge in [0.25, 0.3) is 0 Å². The number of hydrogen-bond acceptors (Lipinski definition) is 7. The van der Waals surface area contributed by atoms with Crippen LogP contribution in [0, 0.1) is 5.41 Å². The summed E-state index contributed by atoms with van der Waals surface area (Å²) in [6.45, 7) is 12.8. The average molecular weight is 475 g/mol. The number of carboxylic acids is 1. The van der Waals surface area contributed by atoms with Gasteiger partial charge in [-0.05, 0) is 73.6 Å². The smallest absolute Gasteiger partial charge is 0.407 e. The largest absolute Gasteiger partial charge is 0.480 e. The number of alkyl carbamates (subject to hydrolysis) is 2. The third-order valence-electron chi connectivity index (χ3n) is 4.43. The summed E-state index contributed by atoms with van der Waals surface area (Å²) < 4.78 is 15.6. The van der Waals surface area contributed by atoms with E-state index in [2.05, 4.69) is 10.6 Å². The molecule has 0 fully saturated rings. The SMILES string of the molecule is CCCCOC(=O)C(CCCNC(=O)OC(C)(C)C)(CCCNC(=O)OC(C)(C)C)C(=O)O. The summed E-state index contributed by atoms with van der Waals surface area (Å²) in [6.07, 6.45) is 0.591. The number of carbonyl (C=O) groups excluding carboxylic acids is 3. The van der Waals surface area contributed by atoms with Crippen molar-refractivity contribution >= 4 is 24.1 Å². The van der Waals surface area contributed by atoms with E-state index in [9.17, 15) is 24.3 Å². The minimum atomic E-state index is -1.78. The number of nitrogens with one attached hydrogen (secondary N) is 2. The maximum absolute atomic E-state index is 12.8. The van der Waals surface area contributed by atoms with Crippen LogP contribution in [0.1, 0.15) is 87.0 Å². The lowest BCUT2D eigenvalue weighted by molar-refractivity contribution is -0.170. The number of amides is 2. The first-order valence-corrected chi connectivity index (χ1v) is 11.5. The molecule has 0 bridgehead atoms. The maximum Gasteiger partial charge on any atom is 0.407 e. The highest BCUT2D eigenvalue weighted by Crippen LogP contribution is 2.32. The van der Waals surface area contributed by atoms with Crippen LogP contribution in [0.15, 0.2) is 0 Å². The second-order valence-corrected chi connectivity index (χ2v) is 9.94. The molecule has 0 saturated carbocycles. The molecule has 3 N–H and O–H groups in total. The number of rotatable bonds is 13. The van der Waals surface area contributed by atoms with E-state index in [1.54, 1.807) is 41.5 Å².